The highest BCUT2D eigenvalue weighted by Crippen LogP contribution is 2.41. The smallest absolute Gasteiger partial charge is 0.128 e. The summed E-state index contributed by atoms with van der Waals surface area (Å²) < 4.78 is 14.6. The lowest BCUT2D eigenvalue weighted by atomic mass is 9.70. The molecule has 0 radical (unpaired) electrons. The van der Waals surface area contributed by atoms with Crippen molar-refractivity contribution in [2.45, 2.75) is 58.5 Å². The molecule has 0 heterocycles. The summed E-state index contributed by atoms with van der Waals surface area (Å²) in [5, 5.41) is 0. The summed E-state index contributed by atoms with van der Waals surface area (Å²) in [4.78, 5) is 0. The van der Waals surface area contributed by atoms with Gasteiger partial charge in [-0.15, -0.1) is 0 Å². The normalized spacial score (nSPS) is 31.6. The molecule has 1 fully saturated rings. The molecule has 2 heteroatoms. The lowest BCUT2D eigenvalue weighted by molar-refractivity contribution is 0.0112. The van der Waals surface area contributed by atoms with Crippen LogP contribution in [0.25, 0.3) is 0 Å². The second-order valence-corrected chi connectivity index (χ2v) is 5.41. The van der Waals surface area contributed by atoms with Crippen LogP contribution in [0.5, 0.6) is 0 Å². The predicted octanol–water partition coefficient (Wildman–Crippen LogP) is 3.53. The van der Waals surface area contributed by atoms with E-state index in [2.05, 4.69) is 6.92 Å². The second-order valence-electron chi connectivity index (χ2n) is 5.41. The minimum Gasteiger partial charge on any atom is -0.328 e. The number of halogens is 1. The van der Waals surface area contributed by atoms with Crippen molar-refractivity contribution < 1.29 is 4.39 Å². The van der Waals surface area contributed by atoms with E-state index in [4.69, 9.17) is 5.73 Å². The van der Waals surface area contributed by atoms with Crippen LogP contribution in [0.2, 0.25) is 0 Å². The first-order valence-corrected chi connectivity index (χ1v) is 6.43. The van der Waals surface area contributed by atoms with Gasteiger partial charge in [-0.05, 0) is 30.6 Å². The van der Waals surface area contributed by atoms with Gasteiger partial charge in [0.15, 0.2) is 0 Å². The van der Waals surface area contributed by atoms with Gasteiger partial charge in [0.05, 0.1) is 0 Å². The monoisotopic (exact) mass is 215 g/mol. The average Bonchev–Trinajstić information content (AvgIpc) is 2.28. The van der Waals surface area contributed by atoms with Crippen LogP contribution < -0.4 is 5.73 Å². The highest BCUT2D eigenvalue weighted by Gasteiger charge is 2.42. The summed E-state index contributed by atoms with van der Waals surface area (Å²) in [5.74, 6) is 1.08. The standard InChI is InChI=1S/C13H26FN/c1-4-11-5-7-12(8-6-11)13(14,9-15)10(2)3/h10-12H,4-9,15H2,1-3H3. The Balaban J connectivity index is 2.57. The van der Waals surface area contributed by atoms with E-state index in [1.165, 1.54) is 19.3 Å². The molecule has 0 aliphatic heterocycles. The van der Waals surface area contributed by atoms with Crippen LogP contribution >= 0.6 is 0 Å². The van der Waals surface area contributed by atoms with Crippen LogP contribution in [-0.2, 0) is 0 Å². The van der Waals surface area contributed by atoms with Crippen LogP contribution in [0.3, 0.4) is 0 Å². The fourth-order valence-electron chi connectivity index (χ4n) is 2.92. The van der Waals surface area contributed by atoms with Gasteiger partial charge in [0, 0.05) is 6.54 Å². The van der Waals surface area contributed by atoms with E-state index in [9.17, 15) is 4.39 Å². The van der Waals surface area contributed by atoms with E-state index < -0.39 is 5.67 Å². The molecule has 0 spiro atoms. The van der Waals surface area contributed by atoms with Gasteiger partial charge in [-0.2, -0.15) is 0 Å². The molecular formula is C13H26FN. The Labute approximate surface area is 93.6 Å². The molecule has 0 aromatic carbocycles. The van der Waals surface area contributed by atoms with Crippen LogP contribution in [0.1, 0.15) is 52.9 Å². The van der Waals surface area contributed by atoms with Gasteiger partial charge in [-0.1, -0.05) is 40.0 Å². The van der Waals surface area contributed by atoms with Gasteiger partial charge < -0.3 is 5.73 Å². The zero-order valence-electron chi connectivity index (χ0n) is 10.4. The first kappa shape index (κ1) is 13.0. The van der Waals surface area contributed by atoms with E-state index >= 15 is 0 Å². The molecule has 0 saturated heterocycles. The predicted molar refractivity (Wildman–Crippen MR) is 63.5 cm³/mol. The van der Waals surface area contributed by atoms with Gasteiger partial charge in [0.25, 0.3) is 0 Å². The summed E-state index contributed by atoms with van der Waals surface area (Å²) in [5.41, 5.74) is 4.50. The van der Waals surface area contributed by atoms with Crippen molar-refractivity contribution in [2.75, 3.05) is 6.54 Å². The minimum absolute atomic E-state index is 0.0469. The molecule has 1 nitrogen and oxygen atoms in total. The Kier molecular flexibility index (Phi) is 4.57. The van der Waals surface area contributed by atoms with Crippen molar-refractivity contribution in [3.63, 3.8) is 0 Å². The summed E-state index contributed by atoms with van der Waals surface area (Å²) >= 11 is 0. The van der Waals surface area contributed by atoms with Crippen LogP contribution in [-0.4, -0.2) is 12.2 Å². The van der Waals surface area contributed by atoms with Crippen molar-refractivity contribution in [1.29, 1.82) is 0 Å². The zero-order chi connectivity index (χ0) is 11.5. The molecule has 1 aliphatic carbocycles. The average molecular weight is 215 g/mol. The molecule has 1 atom stereocenters. The lowest BCUT2D eigenvalue weighted by Crippen LogP contribution is -2.46. The van der Waals surface area contributed by atoms with Gasteiger partial charge in [0.2, 0.25) is 0 Å². The summed E-state index contributed by atoms with van der Waals surface area (Å²) in [7, 11) is 0. The largest absolute Gasteiger partial charge is 0.328 e. The molecule has 0 amide bonds. The number of alkyl halides is 1. The van der Waals surface area contributed by atoms with E-state index in [-0.39, 0.29) is 18.4 Å². The Bertz CT molecular complexity index is 185. The van der Waals surface area contributed by atoms with Crippen molar-refractivity contribution in [3.8, 4) is 0 Å². The molecular weight excluding hydrogens is 189 g/mol. The molecule has 0 bridgehead atoms. The van der Waals surface area contributed by atoms with E-state index in [0.717, 1.165) is 18.8 Å². The third-order valence-corrected chi connectivity index (χ3v) is 4.38. The van der Waals surface area contributed by atoms with Crippen molar-refractivity contribution in [3.05, 3.63) is 0 Å². The van der Waals surface area contributed by atoms with Crippen molar-refractivity contribution in [2.24, 2.45) is 23.5 Å². The molecule has 1 rings (SSSR count). The van der Waals surface area contributed by atoms with E-state index in [1.54, 1.807) is 0 Å². The number of rotatable bonds is 4. The summed E-state index contributed by atoms with van der Waals surface area (Å²) in [6, 6.07) is 0. The van der Waals surface area contributed by atoms with E-state index in [1.807, 2.05) is 13.8 Å². The number of hydrogen-bond acceptors (Lipinski definition) is 1. The summed E-state index contributed by atoms with van der Waals surface area (Å²) in [6.07, 6.45) is 5.70. The number of nitrogens with two attached hydrogens (primary N) is 1. The first-order chi connectivity index (χ1) is 7.04. The van der Waals surface area contributed by atoms with Gasteiger partial charge >= 0.3 is 0 Å². The van der Waals surface area contributed by atoms with Crippen molar-refractivity contribution >= 4 is 0 Å². The maximum atomic E-state index is 14.6. The Hall–Kier alpha value is -0.110. The fraction of sp³-hybridized carbons (Fsp3) is 1.00. The third-order valence-electron chi connectivity index (χ3n) is 4.38. The molecule has 15 heavy (non-hydrogen) atoms. The highest BCUT2D eigenvalue weighted by molar-refractivity contribution is 4.93. The summed E-state index contributed by atoms with van der Waals surface area (Å²) in [6.45, 7) is 6.34. The lowest BCUT2D eigenvalue weighted by Gasteiger charge is -2.40. The van der Waals surface area contributed by atoms with Crippen LogP contribution in [0.15, 0.2) is 0 Å². The van der Waals surface area contributed by atoms with Crippen LogP contribution in [0, 0.1) is 17.8 Å². The molecule has 2 N–H and O–H groups in total. The Morgan fingerprint density at radius 2 is 1.80 bits per heavy atom. The quantitative estimate of drug-likeness (QED) is 0.763. The van der Waals surface area contributed by atoms with Crippen LogP contribution in [0.4, 0.5) is 4.39 Å². The molecule has 1 unspecified atom stereocenters. The second kappa shape index (κ2) is 5.29. The molecule has 1 saturated carbocycles. The maximum Gasteiger partial charge on any atom is 0.128 e. The fourth-order valence-corrected chi connectivity index (χ4v) is 2.92. The first-order valence-electron chi connectivity index (χ1n) is 6.43. The molecule has 0 aromatic heterocycles. The Morgan fingerprint density at radius 3 is 2.13 bits per heavy atom. The molecule has 0 aromatic rings. The maximum absolute atomic E-state index is 14.6. The SMILES string of the molecule is CCC1CCC(C(F)(CN)C(C)C)CC1. The molecule has 1 aliphatic rings. The minimum atomic E-state index is -1.13. The zero-order valence-corrected chi connectivity index (χ0v) is 10.4. The van der Waals surface area contributed by atoms with E-state index in [0.29, 0.717) is 0 Å². The number of hydrogen-bond donors (Lipinski definition) is 1. The highest BCUT2D eigenvalue weighted by atomic mass is 19.1. The third kappa shape index (κ3) is 2.72. The van der Waals surface area contributed by atoms with Gasteiger partial charge in [0.1, 0.15) is 5.67 Å². The van der Waals surface area contributed by atoms with Crippen molar-refractivity contribution in [1.82, 2.24) is 0 Å². The molecule has 90 valence electrons. The topological polar surface area (TPSA) is 26.0 Å². The Morgan fingerprint density at radius 1 is 1.27 bits per heavy atom. The van der Waals surface area contributed by atoms with Gasteiger partial charge in [-0.3, -0.25) is 0 Å². The van der Waals surface area contributed by atoms with Gasteiger partial charge in [-0.25, -0.2) is 4.39 Å².